The van der Waals surface area contributed by atoms with Crippen LogP contribution in [0, 0.1) is 0 Å². The number of esters is 1. The van der Waals surface area contributed by atoms with E-state index in [0.29, 0.717) is 0 Å². The van der Waals surface area contributed by atoms with Crippen LogP contribution in [0.2, 0.25) is 0 Å². The van der Waals surface area contributed by atoms with Gasteiger partial charge in [0.25, 0.3) is 0 Å². The molecule has 0 saturated heterocycles. The smallest absolute Gasteiger partial charge is 0.372 e. The van der Waals surface area contributed by atoms with Crippen LogP contribution in [0.4, 0.5) is 0 Å². The van der Waals surface area contributed by atoms with E-state index in [2.05, 4.69) is 11.3 Å². The predicted octanol–water partition coefficient (Wildman–Crippen LogP) is 0.231. The molecule has 0 radical (unpaired) electrons. The molecular formula is C4H6O3. The van der Waals surface area contributed by atoms with Gasteiger partial charge in [-0.1, -0.05) is 0 Å². The van der Waals surface area contributed by atoms with Gasteiger partial charge in [-0.05, 0) is 6.58 Å². The van der Waals surface area contributed by atoms with Crippen LogP contribution in [0.15, 0.2) is 12.3 Å². The minimum absolute atomic E-state index is 0.567. The molecule has 1 N–H and O–H groups in total. The zero-order valence-corrected chi connectivity index (χ0v) is 3.97. The molecule has 3 heteroatoms. The van der Waals surface area contributed by atoms with Gasteiger partial charge in [0, 0.05) is 0 Å². The van der Waals surface area contributed by atoms with Crippen LogP contribution in [0.5, 0.6) is 0 Å². The van der Waals surface area contributed by atoms with Gasteiger partial charge in [0.05, 0.1) is 7.11 Å². The fourth-order valence-corrected chi connectivity index (χ4v) is 0.118. The summed E-state index contributed by atoms with van der Waals surface area (Å²) < 4.78 is 4.02. The molecule has 0 aromatic rings. The molecule has 0 rings (SSSR count). The normalized spacial score (nSPS) is 7.57. The minimum atomic E-state index is -0.792. The van der Waals surface area contributed by atoms with Crippen LogP contribution >= 0.6 is 0 Å². The standard InChI is InChI=1S/C4H6O3/c1-3(5)4(6)7-2/h5H,1H2,2H3. The largest absolute Gasteiger partial charge is 0.502 e. The maximum atomic E-state index is 9.94. The molecule has 0 spiro atoms. The third kappa shape index (κ3) is 1.81. The number of hydrogen-bond acceptors (Lipinski definition) is 3. The Hall–Kier alpha value is -0.990. The molecule has 0 amide bonds. The molecule has 0 bridgehead atoms. The summed E-state index contributed by atoms with van der Waals surface area (Å²) in [6.07, 6.45) is 0. The Morgan fingerprint density at radius 1 is 1.86 bits per heavy atom. The maximum Gasteiger partial charge on any atom is 0.372 e. The second-order valence-corrected chi connectivity index (χ2v) is 0.938. The summed E-state index contributed by atoms with van der Waals surface area (Å²) in [4.78, 5) is 9.94. The van der Waals surface area contributed by atoms with E-state index in [4.69, 9.17) is 5.11 Å². The lowest BCUT2D eigenvalue weighted by molar-refractivity contribution is -0.138. The van der Waals surface area contributed by atoms with Crippen LogP contribution in [-0.2, 0) is 9.53 Å². The maximum absolute atomic E-state index is 9.94. The highest BCUT2D eigenvalue weighted by Crippen LogP contribution is 1.82. The summed E-state index contributed by atoms with van der Waals surface area (Å²) in [5, 5.41) is 8.15. The predicted molar refractivity (Wildman–Crippen MR) is 23.8 cm³/mol. The van der Waals surface area contributed by atoms with Crippen molar-refractivity contribution < 1.29 is 14.6 Å². The molecule has 3 nitrogen and oxygen atoms in total. The third-order valence-electron chi connectivity index (χ3n) is 0.421. The van der Waals surface area contributed by atoms with Crippen molar-refractivity contribution in [2.45, 2.75) is 0 Å². The van der Waals surface area contributed by atoms with Gasteiger partial charge in [0.2, 0.25) is 0 Å². The first-order valence-corrected chi connectivity index (χ1v) is 1.64. The van der Waals surface area contributed by atoms with Gasteiger partial charge in [0.15, 0.2) is 5.76 Å². The van der Waals surface area contributed by atoms with E-state index >= 15 is 0 Å². The Kier molecular flexibility index (Phi) is 1.91. The van der Waals surface area contributed by atoms with E-state index in [-0.39, 0.29) is 0 Å². The highest BCUT2D eigenvalue weighted by atomic mass is 16.5. The lowest BCUT2D eigenvalue weighted by Crippen LogP contribution is -2.01. The number of carbonyl (C=O) groups is 1. The first kappa shape index (κ1) is 6.01. The van der Waals surface area contributed by atoms with Gasteiger partial charge in [0.1, 0.15) is 0 Å². The molecule has 0 aliphatic heterocycles. The SMILES string of the molecule is C=C(O)C(=O)OC. The molecule has 40 valence electrons. The summed E-state index contributed by atoms with van der Waals surface area (Å²) in [5.74, 6) is -1.36. The molecule has 0 unspecified atom stereocenters. The van der Waals surface area contributed by atoms with Crippen molar-refractivity contribution in [3.8, 4) is 0 Å². The molecule has 0 heterocycles. The number of ether oxygens (including phenoxy) is 1. The highest BCUT2D eigenvalue weighted by Gasteiger charge is 1.99. The van der Waals surface area contributed by atoms with Gasteiger partial charge in [-0.15, -0.1) is 0 Å². The number of carbonyl (C=O) groups excluding carboxylic acids is 1. The van der Waals surface area contributed by atoms with E-state index in [1.54, 1.807) is 0 Å². The zero-order valence-electron chi connectivity index (χ0n) is 3.97. The average Bonchev–Trinajstić information content (AvgIpc) is 1.65. The minimum Gasteiger partial charge on any atom is -0.502 e. The lowest BCUT2D eigenvalue weighted by atomic mass is 10.6. The Morgan fingerprint density at radius 2 is 2.29 bits per heavy atom. The quantitative estimate of drug-likeness (QED) is 0.293. The second-order valence-electron chi connectivity index (χ2n) is 0.938. The molecule has 0 aromatic carbocycles. The van der Waals surface area contributed by atoms with Crippen molar-refractivity contribution in [2.24, 2.45) is 0 Å². The van der Waals surface area contributed by atoms with Crippen LogP contribution in [0.1, 0.15) is 0 Å². The van der Waals surface area contributed by atoms with Crippen LogP contribution in [0.3, 0.4) is 0 Å². The number of aliphatic hydroxyl groups is 1. The Labute approximate surface area is 41.2 Å². The van der Waals surface area contributed by atoms with E-state index in [1.165, 1.54) is 7.11 Å². The molecule has 0 atom stereocenters. The fraction of sp³-hybridized carbons (Fsp3) is 0.250. The lowest BCUT2D eigenvalue weighted by Gasteiger charge is -1.90. The van der Waals surface area contributed by atoms with E-state index in [0.717, 1.165) is 0 Å². The van der Waals surface area contributed by atoms with E-state index < -0.39 is 11.7 Å². The topological polar surface area (TPSA) is 46.5 Å². The summed E-state index contributed by atoms with van der Waals surface area (Å²) in [6.45, 7) is 2.91. The summed E-state index contributed by atoms with van der Waals surface area (Å²) in [5.41, 5.74) is 0. The van der Waals surface area contributed by atoms with E-state index in [9.17, 15) is 4.79 Å². The molecule has 7 heavy (non-hydrogen) atoms. The van der Waals surface area contributed by atoms with Crippen molar-refractivity contribution in [2.75, 3.05) is 7.11 Å². The molecule has 0 aliphatic carbocycles. The third-order valence-corrected chi connectivity index (χ3v) is 0.421. The Bertz CT molecular complexity index is 95.1. The zero-order chi connectivity index (χ0) is 5.86. The molecular weight excluding hydrogens is 96.0 g/mol. The average molecular weight is 102 g/mol. The Balaban J connectivity index is 3.58. The highest BCUT2D eigenvalue weighted by molar-refractivity contribution is 5.84. The first-order chi connectivity index (χ1) is 3.18. The van der Waals surface area contributed by atoms with Gasteiger partial charge >= 0.3 is 5.97 Å². The fourth-order valence-electron chi connectivity index (χ4n) is 0.118. The number of hydrogen-bond donors (Lipinski definition) is 1. The summed E-state index contributed by atoms with van der Waals surface area (Å²) in [6, 6.07) is 0. The first-order valence-electron chi connectivity index (χ1n) is 1.64. The van der Waals surface area contributed by atoms with Crippen LogP contribution in [-0.4, -0.2) is 18.2 Å². The Morgan fingerprint density at radius 3 is 2.29 bits per heavy atom. The van der Waals surface area contributed by atoms with Crippen LogP contribution < -0.4 is 0 Å². The molecule has 0 saturated carbocycles. The van der Waals surface area contributed by atoms with Crippen molar-refractivity contribution in [3.05, 3.63) is 12.3 Å². The molecule has 0 aliphatic rings. The van der Waals surface area contributed by atoms with Crippen molar-refractivity contribution in [1.82, 2.24) is 0 Å². The second kappa shape index (κ2) is 2.23. The number of aliphatic hydroxyl groups excluding tert-OH is 1. The van der Waals surface area contributed by atoms with Crippen molar-refractivity contribution in [3.63, 3.8) is 0 Å². The van der Waals surface area contributed by atoms with E-state index in [1.807, 2.05) is 0 Å². The summed E-state index contributed by atoms with van der Waals surface area (Å²) >= 11 is 0. The van der Waals surface area contributed by atoms with Gasteiger partial charge in [-0.3, -0.25) is 0 Å². The number of methoxy groups -OCH3 is 1. The number of rotatable bonds is 1. The monoisotopic (exact) mass is 102 g/mol. The van der Waals surface area contributed by atoms with Gasteiger partial charge < -0.3 is 9.84 Å². The van der Waals surface area contributed by atoms with Crippen molar-refractivity contribution in [1.29, 1.82) is 0 Å². The summed E-state index contributed by atoms with van der Waals surface area (Å²) in [7, 11) is 1.17. The van der Waals surface area contributed by atoms with Crippen LogP contribution in [0.25, 0.3) is 0 Å². The van der Waals surface area contributed by atoms with Gasteiger partial charge in [-0.2, -0.15) is 0 Å². The van der Waals surface area contributed by atoms with Crippen molar-refractivity contribution >= 4 is 5.97 Å². The molecule has 0 aromatic heterocycles. The van der Waals surface area contributed by atoms with Gasteiger partial charge in [-0.25, -0.2) is 4.79 Å². The molecule has 0 fully saturated rings.